The summed E-state index contributed by atoms with van der Waals surface area (Å²) < 4.78 is 18.6. The molecule has 0 aliphatic heterocycles. The van der Waals surface area contributed by atoms with E-state index in [0.717, 1.165) is 0 Å². The van der Waals surface area contributed by atoms with Crippen LogP contribution in [0.2, 0.25) is 0 Å². The number of ether oxygens (including phenoxy) is 1. The average molecular weight is 218 g/mol. The third-order valence-corrected chi connectivity index (χ3v) is 2.09. The van der Waals surface area contributed by atoms with Crippen LogP contribution in [0, 0.1) is 5.82 Å². The Morgan fingerprint density at radius 2 is 2.06 bits per heavy atom. The van der Waals surface area contributed by atoms with Crippen molar-refractivity contribution in [3.05, 3.63) is 54.0 Å². The van der Waals surface area contributed by atoms with Crippen molar-refractivity contribution in [1.82, 2.24) is 4.98 Å². The Bertz CT molecular complexity index is 488. The van der Waals surface area contributed by atoms with Crippen LogP contribution in [0.4, 0.5) is 10.1 Å². The average Bonchev–Trinajstić information content (AvgIpc) is 2.28. The van der Waals surface area contributed by atoms with Crippen molar-refractivity contribution in [1.29, 1.82) is 0 Å². The summed E-state index contributed by atoms with van der Waals surface area (Å²) in [6, 6.07) is 9.72. The molecule has 0 amide bonds. The van der Waals surface area contributed by atoms with Crippen LogP contribution in [-0.2, 0) is 6.61 Å². The summed E-state index contributed by atoms with van der Waals surface area (Å²) >= 11 is 0. The van der Waals surface area contributed by atoms with Crippen LogP contribution in [0.15, 0.2) is 42.6 Å². The number of nitrogen functional groups attached to an aromatic ring is 1. The smallest absolute Gasteiger partial charge is 0.215 e. The van der Waals surface area contributed by atoms with Gasteiger partial charge in [0, 0.05) is 23.5 Å². The summed E-state index contributed by atoms with van der Waals surface area (Å²) in [4.78, 5) is 3.96. The first kappa shape index (κ1) is 10.4. The van der Waals surface area contributed by atoms with Gasteiger partial charge in [-0.25, -0.2) is 9.37 Å². The second kappa shape index (κ2) is 4.61. The standard InChI is InChI=1S/C12H11FN2O/c13-11-4-2-1-3-9(11)8-16-12-7-10(14)5-6-15-12/h1-7H,8H2,(H2,14,15). The van der Waals surface area contributed by atoms with Gasteiger partial charge in [-0.3, -0.25) is 0 Å². The molecule has 0 fully saturated rings. The molecular weight excluding hydrogens is 207 g/mol. The van der Waals surface area contributed by atoms with Crippen molar-refractivity contribution in [2.75, 3.05) is 5.73 Å². The van der Waals surface area contributed by atoms with E-state index in [1.165, 1.54) is 6.07 Å². The van der Waals surface area contributed by atoms with E-state index in [1.54, 1.807) is 36.5 Å². The zero-order valence-electron chi connectivity index (χ0n) is 8.56. The molecule has 0 unspecified atom stereocenters. The fourth-order valence-corrected chi connectivity index (χ4v) is 1.27. The molecular formula is C12H11FN2O. The van der Waals surface area contributed by atoms with Gasteiger partial charge in [0.05, 0.1) is 0 Å². The molecule has 0 spiro atoms. The van der Waals surface area contributed by atoms with Gasteiger partial charge in [-0.1, -0.05) is 18.2 Å². The van der Waals surface area contributed by atoms with Crippen molar-refractivity contribution >= 4 is 5.69 Å². The first-order chi connectivity index (χ1) is 7.75. The van der Waals surface area contributed by atoms with Crippen molar-refractivity contribution in [2.24, 2.45) is 0 Å². The molecule has 0 saturated carbocycles. The second-order valence-electron chi connectivity index (χ2n) is 3.31. The zero-order valence-corrected chi connectivity index (χ0v) is 8.56. The summed E-state index contributed by atoms with van der Waals surface area (Å²) in [7, 11) is 0. The maximum absolute atomic E-state index is 13.2. The van der Waals surface area contributed by atoms with E-state index in [-0.39, 0.29) is 12.4 Å². The van der Waals surface area contributed by atoms with Crippen molar-refractivity contribution in [2.45, 2.75) is 6.61 Å². The van der Waals surface area contributed by atoms with Crippen molar-refractivity contribution in [3.63, 3.8) is 0 Å². The molecule has 16 heavy (non-hydrogen) atoms. The van der Waals surface area contributed by atoms with Gasteiger partial charge in [0.1, 0.15) is 12.4 Å². The lowest BCUT2D eigenvalue weighted by molar-refractivity contribution is 0.288. The largest absolute Gasteiger partial charge is 0.473 e. The molecule has 0 atom stereocenters. The minimum atomic E-state index is -0.286. The molecule has 1 heterocycles. The number of halogens is 1. The van der Waals surface area contributed by atoms with Crippen LogP contribution in [0.3, 0.4) is 0 Å². The van der Waals surface area contributed by atoms with Crippen LogP contribution in [0.5, 0.6) is 5.88 Å². The molecule has 0 aliphatic carbocycles. The summed E-state index contributed by atoms with van der Waals surface area (Å²) in [5.41, 5.74) is 6.62. The number of hydrogen-bond donors (Lipinski definition) is 1. The van der Waals surface area contributed by atoms with E-state index < -0.39 is 0 Å². The molecule has 3 nitrogen and oxygen atoms in total. The topological polar surface area (TPSA) is 48.1 Å². The fourth-order valence-electron chi connectivity index (χ4n) is 1.27. The van der Waals surface area contributed by atoms with Gasteiger partial charge in [-0.15, -0.1) is 0 Å². The van der Waals surface area contributed by atoms with Gasteiger partial charge in [0.25, 0.3) is 0 Å². The molecule has 2 rings (SSSR count). The Balaban J connectivity index is 2.05. The monoisotopic (exact) mass is 218 g/mol. The normalized spacial score (nSPS) is 10.1. The highest BCUT2D eigenvalue weighted by Gasteiger charge is 2.02. The lowest BCUT2D eigenvalue weighted by Crippen LogP contribution is -2.00. The van der Waals surface area contributed by atoms with Crippen molar-refractivity contribution in [3.8, 4) is 5.88 Å². The third-order valence-electron chi connectivity index (χ3n) is 2.09. The molecule has 1 aromatic heterocycles. The van der Waals surface area contributed by atoms with Gasteiger partial charge in [0.15, 0.2) is 0 Å². The molecule has 2 N–H and O–H groups in total. The number of rotatable bonds is 3. The summed E-state index contributed by atoms with van der Waals surface area (Å²) in [5, 5.41) is 0. The van der Waals surface area contributed by atoms with Crippen LogP contribution in [0.25, 0.3) is 0 Å². The maximum atomic E-state index is 13.2. The third kappa shape index (κ3) is 2.48. The summed E-state index contributed by atoms with van der Waals surface area (Å²) in [6.45, 7) is 0.142. The molecule has 1 aromatic carbocycles. The van der Waals surface area contributed by atoms with Crippen LogP contribution in [0.1, 0.15) is 5.56 Å². The number of hydrogen-bond acceptors (Lipinski definition) is 3. The van der Waals surface area contributed by atoms with Crippen molar-refractivity contribution < 1.29 is 9.13 Å². The van der Waals surface area contributed by atoms with Gasteiger partial charge in [-0.2, -0.15) is 0 Å². The van der Waals surface area contributed by atoms with Crippen LogP contribution < -0.4 is 10.5 Å². The first-order valence-corrected chi connectivity index (χ1v) is 4.83. The molecule has 82 valence electrons. The molecule has 0 aliphatic rings. The van der Waals surface area contributed by atoms with Gasteiger partial charge >= 0.3 is 0 Å². The lowest BCUT2D eigenvalue weighted by Gasteiger charge is -2.06. The molecule has 0 bridgehead atoms. The minimum absolute atomic E-state index is 0.142. The Morgan fingerprint density at radius 3 is 2.81 bits per heavy atom. The van der Waals surface area contributed by atoms with Crippen LogP contribution in [-0.4, -0.2) is 4.98 Å². The van der Waals surface area contributed by atoms with Gasteiger partial charge < -0.3 is 10.5 Å². The zero-order chi connectivity index (χ0) is 11.4. The number of anilines is 1. The Kier molecular flexibility index (Phi) is 3.00. The molecule has 0 radical (unpaired) electrons. The van der Waals surface area contributed by atoms with E-state index in [1.807, 2.05) is 0 Å². The Morgan fingerprint density at radius 1 is 1.25 bits per heavy atom. The predicted molar refractivity (Wildman–Crippen MR) is 59.4 cm³/mol. The summed E-state index contributed by atoms with van der Waals surface area (Å²) in [6.07, 6.45) is 1.55. The van der Waals surface area contributed by atoms with E-state index >= 15 is 0 Å². The van der Waals surface area contributed by atoms with Crippen LogP contribution >= 0.6 is 0 Å². The molecule has 2 aromatic rings. The molecule has 4 heteroatoms. The predicted octanol–water partition coefficient (Wildman–Crippen LogP) is 2.38. The van der Waals surface area contributed by atoms with E-state index in [9.17, 15) is 4.39 Å². The number of nitrogens with zero attached hydrogens (tertiary/aromatic N) is 1. The Hall–Kier alpha value is -2.10. The molecule has 0 saturated heterocycles. The first-order valence-electron chi connectivity index (χ1n) is 4.83. The highest BCUT2D eigenvalue weighted by molar-refractivity contribution is 5.39. The number of pyridine rings is 1. The van der Waals surface area contributed by atoms with E-state index in [4.69, 9.17) is 10.5 Å². The highest BCUT2D eigenvalue weighted by atomic mass is 19.1. The fraction of sp³-hybridized carbons (Fsp3) is 0.0833. The SMILES string of the molecule is Nc1ccnc(OCc2ccccc2F)c1. The number of nitrogens with two attached hydrogens (primary N) is 1. The highest BCUT2D eigenvalue weighted by Crippen LogP contribution is 2.14. The second-order valence-corrected chi connectivity index (χ2v) is 3.31. The number of benzene rings is 1. The van der Waals surface area contributed by atoms with Gasteiger partial charge in [-0.05, 0) is 12.1 Å². The van der Waals surface area contributed by atoms with Gasteiger partial charge in [0.2, 0.25) is 5.88 Å². The lowest BCUT2D eigenvalue weighted by atomic mass is 10.2. The Labute approximate surface area is 92.7 Å². The quantitative estimate of drug-likeness (QED) is 0.860. The van der Waals surface area contributed by atoms with E-state index in [2.05, 4.69) is 4.98 Å². The summed E-state index contributed by atoms with van der Waals surface area (Å²) in [5.74, 6) is 0.106. The maximum Gasteiger partial charge on any atom is 0.215 e. The van der Waals surface area contributed by atoms with E-state index in [0.29, 0.717) is 17.1 Å². The number of aromatic nitrogens is 1. The minimum Gasteiger partial charge on any atom is -0.473 e.